The maximum absolute atomic E-state index is 12.9. The van der Waals surface area contributed by atoms with Crippen LogP contribution >= 0.6 is 0 Å². The number of likely N-dealkylation sites (N-methyl/N-ethyl adjacent to an activating group) is 1. The molecule has 1 atom stereocenters. The van der Waals surface area contributed by atoms with Crippen LogP contribution in [-0.2, 0) is 16.6 Å². The number of carbonyl (C=O) groups excluding carboxylic acids is 2. The first kappa shape index (κ1) is 26.1. The van der Waals surface area contributed by atoms with Crippen molar-refractivity contribution in [2.75, 3.05) is 26.7 Å². The van der Waals surface area contributed by atoms with Gasteiger partial charge >= 0.3 is 6.18 Å². The smallest absolute Gasteiger partial charge is 0.384 e. The fourth-order valence-electron chi connectivity index (χ4n) is 5.19. The highest BCUT2D eigenvalue weighted by Crippen LogP contribution is 2.38. The Labute approximate surface area is 208 Å². The van der Waals surface area contributed by atoms with Crippen LogP contribution < -0.4 is 5.32 Å². The predicted molar refractivity (Wildman–Crippen MR) is 127 cm³/mol. The molecule has 1 unspecified atom stereocenters. The first-order valence-corrected chi connectivity index (χ1v) is 12.2. The zero-order valence-corrected chi connectivity index (χ0v) is 20.2. The molecule has 1 saturated heterocycles. The summed E-state index contributed by atoms with van der Waals surface area (Å²) in [7, 11) is 2.05. The zero-order valence-electron chi connectivity index (χ0n) is 20.2. The van der Waals surface area contributed by atoms with Crippen molar-refractivity contribution in [3.8, 4) is 0 Å². The molecule has 36 heavy (non-hydrogen) atoms. The summed E-state index contributed by atoms with van der Waals surface area (Å²) in [6.45, 7) is 0.805. The molecule has 10 heteroatoms. The van der Waals surface area contributed by atoms with Gasteiger partial charge in [-0.1, -0.05) is 12.1 Å². The Bertz CT molecular complexity index is 1070. The summed E-state index contributed by atoms with van der Waals surface area (Å²) in [5, 5.41) is 13.5. The summed E-state index contributed by atoms with van der Waals surface area (Å²) < 4.78 is 38.7. The van der Waals surface area contributed by atoms with Gasteiger partial charge in [0.1, 0.15) is 5.60 Å². The SMILES string of the molecule is CN(C1CCC(O)(c2ccccn2)CC1)C1CCN(C(=O)CNC(=O)c2cccc(C(F)(F)F)c2)C1. The summed E-state index contributed by atoms with van der Waals surface area (Å²) in [6.07, 6.45) is 0.828. The number of carbonyl (C=O) groups is 2. The number of benzene rings is 1. The molecule has 2 fully saturated rings. The van der Waals surface area contributed by atoms with Crippen LogP contribution in [0, 0.1) is 0 Å². The van der Waals surface area contributed by atoms with Crippen LogP contribution in [-0.4, -0.2) is 70.5 Å². The molecule has 1 aliphatic carbocycles. The zero-order chi connectivity index (χ0) is 25.9. The minimum absolute atomic E-state index is 0.139. The molecule has 0 spiro atoms. The van der Waals surface area contributed by atoms with E-state index in [1.54, 1.807) is 11.1 Å². The molecule has 194 valence electrons. The Morgan fingerprint density at radius 2 is 1.89 bits per heavy atom. The molecule has 7 nitrogen and oxygen atoms in total. The number of hydrogen-bond donors (Lipinski definition) is 2. The van der Waals surface area contributed by atoms with E-state index in [4.69, 9.17) is 0 Å². The molecule has 0 bridgehead atoms. The molecule has 1 aliphatic heterocycles. The fourth-order valence-corrected chi connectivity index (χ4v) is 5.19. The highest BCUT2D eigenvalue weighted by atomic mass is 19.4. The number of aliphatic hydroxyl groups is 1. The third-order valence-electron chi connectivity index (χ3n) is 7.44. The Balaban J connectivity index is 1.25. The Hall–Kier alpha value is -2.98. The van der Waals surface area contributed by atoms with Crippen molar-refractivity contribution in [1.82, 2.24) is 20.1 Å². The predicted octanol–water partition coefficient (Wildman–Crippen LogP) is 3.19. The number of nitrogens with one attached hydrogen (secondary N) is 1. The van der Waals surface area contributed by atoms with Gasteiger partial charge in [0, 0.05) is 36.9 Å². The van der Waals surface area contributed by atoms with Gasteiger partial charge in [-0.25, -0.2) is 0 Å². The van der Waals surface area contributed by atoms with Gasteiger partial charge in [-0.3, -0.25) is 19.5 Å². The number of amides is 2. The Kier molecular flexibility index (Phi) is 7.65. The lowest BCUT2D eigenvalue weighted by atomic mass is 9.79. The molecule has 4 rings (SSSR count). The molecular formula is C26H31F3N4O3. The Morgan fingerprint density at radius 1 is 1.14 bits per heavy atom. The lowest BCUT2D eigenvalue weighted by Crippen LogP contribution is -2.47. The summed E-state index contributed by atoms with van der Waals surface area (Å²) in [6, 6.07) is 10.2. The van der Waals surface area contributed by atoms with Crippen LogP contribution in [0.25, 0.3) is 0 Å². The molecule has 2 aromatic rings. The quantitative estimate of drug-likeness (QED) is 0.631. The van der Waals surface area contributed by atoms with Crippen LogP contribution in [0.1, 0.15) is 53.7 Å². The molecule has 2 N–H and O–H groups in total. The second-order valence-electron chi connectivity index (χ2n) is 9.69. The van der Waals surface area contributed by atoms with Crippen molar-refractivity contribution in [1.29, 1.82) is 0 Å². The van der Waals surface area contributed by atoms with Crippen molar-refractivity contribution in [3.63, 3.8) is 0 Å². The third kappa shape index (κ3) is 5.87. The molecular weight excluding hydrogens is 473 g/mol. The lowest BCUT2D eigenvalue weighted by molar-refractivity contribution is -0.137. The standard InChI is InChI=1S/C26H31F3N4O3/c1-32(20-8-11-25(36,12-9-20)22-7-2-3-13-30-22)21-10-14-33(17-21)23(34)16-31-24(35)18-5-4-6-19(15-18)26(27,28)29/h2-7,13,15,20-21,36H,8-12,14,16-17H2,1H3,(H,31,35). The molecule has 1 aromatic heterocycles. The van der Waals surface area contributed by atoms with Crippen molar-refractivity contribution in [2.24, 2.45) is 0 Å². The first-order valence-electron chi connectivity index (χ1n) is 12.2. The van der Waals surface area contributed by atoms with Crippen LogP contribution in [0.5, 0.6) is 0 Å². The highest BCUT2D eigenvalue weighted by Gasteiger charge is 2.39. The van der Waals surface area contributed by atoms with E-state index in [0.29, 0.717) is 31.6 Å². The largest absolute Gasteiger partial charge is 0.416 e. The highest BCUT2D eigenvalue weighted by molar-refractivity contribution is 5.96. The molecule has 2 aliphatic rings. The van der Waals surface area contributed by atoms with Gasteiger partial charge in [0.25, 0.3) is 5.91 Å². The van der Waals surface area contributed by atoms with Gasteiger partial charge < -0.3 is 15.3 Å². The normalized spacial score (nSPS) is 24.7. The number of halogens is 3. The van der Waals surface area contributed by atoms with Crippen LogP contribution in [0.15, 0.2) is 48.7 Å². The number of likely N-dealkylation sites (tertiary alicyclic amines) is 1. The van der Waals surface area contributed by atoms with Gasteiger partial charge in [0.15, 0.2) is 0 Å². The summed E-state index contributed by atoms with van der Waals surface area (Å²) in [5.74, 6) is -0.982. The number of alkyl halides is 3. The lowest BCUT2D eigenvalue weighted by Gasteiger charge is -2.41. The van der Waals surface area contributed by atoms with Gasteiger partial charge in [0.05, 0.1) is 17.8 Å². The van der Waals surface area contributed by atoms with Crippen molar-refractivity contribution in [3.05, 3.63) is 65.5 Å². The average molecular weight is 505 g/mol. The summed E-state index contributed by atoms with van der Waals surface area (Å²) >= 11 is 0. The van der Waals surface area contributed by atoms with Crippen LogP contribution in [0.4, 0.5) is 13.2 Å². The fraction of sp³-hybridized carbons (Fsp3) is 0.500. The molecule has 1 aromatic carbocycles. The van der Waals surface area contributed by atoms with Crippen LogP contribution in [0.3, 0.4) is 0 Å². The molecule has 2 amide bonds. The van der Waals surface area contributed by atoms with E-state index in [0.717, 1.165) is 31.4 Å². The van der Waals surface area contributed by atoms with E-state index in [-0.39, 0.29) is 30.1 Å². The Morgan fingerprint density at radius 3 is 2.56 bits per heavy atom. The second-order valence-corrected chi connectivity index (χ2v) is 9.69. The van der Waals surface area contributed by atoms with Crippen molar-refractivity contribution < 1.29 is 27.9 Å². The van der Waals surface area contributed by atoms with Crippen molar-refractivity contribution >= 4 is 11.8 Å². The molecule has 1 saturated carbocycles. The topological polar surface area (TPSA) is 85.8 Å². The molecule has 0 radical (unpaired) electrons. The van der Waals surface area contributed by atoms with E-state index in [1.807, 2.05) is 25.2 Å². The second kappa shape index (κ2) is 10.6. The maximum Gasteiger partial charge on any atom is 0.416 e. The average Bonchev–Trinajstić information content (AvgIpc) is 3.38. The van der Waals surface area contributed by atoms with E-state index < -0.39 is 23.2 Å². The minimum Gasteiger partial charge on any atom is -0.384 e. The van der Waals surface area contributed by atoms with Gasteiger partial charge in [-0.05, 0) is 69.5 Å². The van der Waals surface area contributed by atoms with E-state index in [1.165, 1.54) is 12.1 Å². The number of rotatable bonds is 6. The van der Waals surface area contributed by atoms with Gasteiger partial charge in [-0.15, -0.1) is 0 Å². The van der Waals surface area contributed by atoms with E-state index in [2.05, 4.69) is 15.2 Å². The summed E-state index contributed by atoms with van der Waals surface area (Å²) in [5.41, 5.74) is -1.25. The third-order valence-corrected chi connectivity index (χ3v) is 7.44. The van der Waals surface area contributed by atoms with E-state index >= 15 is 0 Å². The van der Waals surface area contributed by atoms with Crippen molar-refractivity contribution in [2.45, 2.75) is 56.0 Å². The number of aromatic nitrogens is 1. The maximum atomic E-state index is 12.9. The van der Waals surface area contributed by atoms with Gasteiger partial charge in [-0.2, -0.15) is 13.2 Å². The number of nitrogens with zero attached hydrogens (tertiary/aromatic N) is 3. The number of pyridine rings is 1. The monoisotopic (exact) mass is 504 g/mol. The van der Waals surface area contributed by atoms with Crippen LogP contribution in [0.2, 0.25) is 0 Å². The minimum atomic E-state index is -4.54. The number of hydrogen-bond acceptors (Lipinski definition) is 5. The summed E-state index contributed by atoms with van der Waals surface area (Å²) in [4.78, 5) is 33.3. The molecule has 2 heterocycles. The van der Waals surface area contributed by atoms with E-state index in [9.17, 15) is 27.9 Å². The van der Waals surface area contributed by atoms with Gasteiger partial charge in [0.2, 0.25) is 5.91 Å². The first-order chi connectivity index (χ1) is 17.1.